The summed E-state index contributed by atoms with van der Waals surface area (Å²) in [5.74, 6) is 0. The molecule has 6 aromatic carbocycles. The third kappa shape index (κ3) is 6.13. The van der Waals surface area contributed by atoms with Crippen LogP contribution in [0.4, 0.5) is 0 Å². The SMILES string of the molecule is Cc1cc2ccc1CO[Si](C)(C)c1ccc(cc1C)-n1c3ccc4cc3c3cc(ccc31)[Si](C)(C)O[Si](C)(C)c1ccc3c(c1)c1cc(ccc1n3-2)[Si](C)(C)O[Si]4(C)C. The summed E-state index contributed by atoms with van der Waals surface area (Å²) >= 11 is 0. The molecule has 0 atom stereocenters. The van der Waals surface area contributed by atoms with E-state index in [4.69, 9.17) is 12.7 Å². The monoisotopic (exact) mass is 860 g/mol. The van der Waals surface area contributed by atoms with Crippen LogP contribution in [0, 0.1) is 13.8 Å². The summed E-state index contributed by atoms with van der Waals surface area (Å²) in [7, 11) is -12.0. The molecule has 0 amide bonds. The van der Waals surface area contributed by atoms with E-state index in [1.807, 2.05) is 0 Å². The number of aryl methyl sites for hydroxylation is 2. The van der Waals surface area contributed by atoms with Crippen LogP contribution in [0.2, 0.25) is 65.5 Å². The van der Waals surface area contributed by atoms with Gasteiger partial charge in [-0.3, -0.25) is 0 Å². The quantitative estimate of drug-likeness (QED) is 0.143. The van der Waals surface area contributed by atoms with Gasteiger partial charge in [0, 0.05) is 32.9 Å². The van der Waals surface area contributed by atoms with Crippen LogP contribution < -0.4 is 25.9 Å². The Kier molecular flexibility index (Phi) is 8.57. The first-order valence-electron chi connectivity index (χ1n) is 21.2. The molecule has 0 saturated carbocycles. The van der Waals surface area contributed by atoms with Gasteiger partial charge in [-0.2, -0.15) is 0 Å². The lowest BCUT2D eigenvalue weighted by molar-refractivity contribution is 0.303. The van der Waals surface area contributed by atoms with Crippen molar-refractivity contribution in [2.24, 2.45) is 0 Å². The Balaban J connectivity index is 1.33. The van der Waals surface area contributed by atoms with Crippen LogP contribution in [0.15, 0.2) is 109 Å². The maximum atomic E-state index is 7.59. The minimum Gasteiger partial charge on any atom is -0.449 e. The van der Waals surface area contributed by atoms with Gasteiger partial charge < -0.3 is 21.8 Å². The third-order valence-corrected chi connectivity index (χ3v) is 31.3. The summed E-state index contributed by atoms with van der Waals surface area (Å²) in [5.41, 5.74) is 11.0. The highest BCUT2D eigenvalue weighted by Gasteiger charge is 2.39. The second kappa shape index (κ2) is 12.9. The Labute approximate surface area is 354 Å². The molecular formula is C49H56N2O3Si5. The number of benzene rings is 6. The van der Waals surface area contributed by atoms with E-state index in [1.165, 1.54) is 97.6 Å². The summed E-state index contributed by atoms with van der Waals surface area (Å²) in [6, 6.07) is 42.7. The first-order chi connectivity index (χ1) is 27.7. The van der Waals surface area contributed by atoms with E-state index in [2.05, 4.69) is 198 Å². The predicted molar refractivity (Wildman–Crippen MR) is 264 cm³/mol. The molecule has 0 aliphatic carbocycles. The van der Waals surface area contributed by atoms with Gasteiger partial charge in [0.15, 0.2) is 0 Å². The predicted octanol–water partition coefficient (Wildman–Crippen LogP) is 9.84. The van der Waals surface area contributed by atoms with E-state index in [-0.39, 0.29) is 0 Å². The lowest BCUT2D eigenvalue weighted by Crippen LogP contribution is -2.57. The first-order valence-corrected chi connectivity index (χ1v) is 35.7. The summed E-state index contributed by atoms with van der Waals surface area (Å²) in [5, 5.41) is 11.7. The van der Waals surface area contributed by atoms with Crippen molar-refractivity contribution < 1.29 is 12.7 Å². The fourth-order valence-electron chi connectivity index (χ4n) is 10.4. The second-order valence-corrected chi connectivity index (χ2v) is 39.6. The molecule has 0 radical (unpaired) electrons. The van der Waals surface area contributed by atoms with Gasteiger partial charge in [-0.15, -0.1) is 0 Å². The molecule has 16 aliphatic heterocycles. The van der Waals surface area contributed by atoms with Gasteiger partial charge in [0.25, 0.3) is 0 Å². The Hall–Kier alpha value is -4.12. The van der Waals surface area contributed by atoms with Crippen molar-refractivity contribution in [1.29, 1.82) is 0 Å². The number of rotatable bonds is 0. The standard InChI is InChI=1S/C49H56N2O3Si5/c1-32-25-35-14-13-34(32)31-52-59(11,12)49-24-15-36(26-33(49)2)51-47-22-18-39-29-43(47)44-30-40(19-23-48(44)51)58(9,10)54-56(5,6)38-17-21-46-42(28-38)41-27-37(16-20-45(41)50(35)46)55(3,4)53-57(39,7)8/h13-30H,31H2,1-12H3. The minimum absolute atomic E-state index is 0.586. The molecular weight excluding hydrogens is 805 g/mol. The van der Waals surface area contributed by atoms with Crippen molar-refractivity contribution in [2.75, 3.05) is 0 Å². The molecule has 16 aliphatic rings. The van der Waals surface area contributed by atoms with Crippen molar-refractivity contribution in [2.45, 2.75) is 85.9 Å². The van der Waals surface area contributed by atoms with Crippen LogP contribution >= 0.6 is 0 Å². The maximum Gasteiger partial charge on any atom is 0.218 e. The minimum atomic E-state index is -2.42. The van der Waals surface area contributed by atoms with E-state index in [1.54, 1.807) is 0 Å². The maximum absolute atomic E-state index is 7.59. The van der Waals surface area contributed by atoms with Gasteiger partial charge in [-0.05, 0) is 170 Å². The smallest absolute Gasteiger partial charge is 0.218 e. The average molecular weight is 861 g/mol. The number of aromatic nitrogens is 2. The third-order valence-electron chi connectivity index (χ3n) is 13.6. The zero-order valence-electron chi connectivity index (χ0n) is 36.7. The Bertz CT molecular complexity index is 2940. The average Bonchev–Trinajstić information content (AvgIpc) is 3.67. The first kappa shape index (κ1) is 39.0. The highest BCUT2D eigenvalue weighted by molar-refractivity contribution is 6.98. The van der Waals surface area contributed by atoms with Crippen LogP contribution in [0.3, 0.4) is 0 Å². The molecule has 0 saturated heterocycles. The fraction of sp³-hybridized carbons (Fsp3) is 0.265. The largest absolute Gasteiger partial charge is 0.449 e. The zero-order valence-corrected chi connectivity index (χ0v) is 41.7. The molecule has 0 N–H and O–H groups in total. The van der Waals surface area contributed by atoms with Crippen LogP contribution in [0.5, 0.6) is 0 Å². The van der Waals surface area contributed by atoms with Gasteiger partial charge >= 0.3 is 0 Å². The number of hydrogen-bond donors (Lipinski definition) is 0. The van der Waals surface area contributed by atoms with Crippen LogP contribution in [0.25, 0.3) is 55.0 Å². The summed E-state index contributed by atoms with van der Waals surface area (Å²) in [6.45, 7) is 28.9. The van der Waals surface area contributed by atoms with Crippen molar-refractivity contribution >= 4 is 111 Å². The van der Waals surface area contributed by atoms with Gasteiger partial charge in [0.2, 0.25) is 41.6 Å². The summed E-state index contributed by atoms with van der Waals surface area (Å²) in [6.07, 6.45) is 0. The van der Waals surface area contributed by atoms with Crippen molar-refractivity contribution in [3.05, 3.63) is 126 Å². The van der Waals surface area contributed by atoms with E-state index < -0.39 is 41.6 Å². The van der Waals surface area contributed by atoms with Gasteiger partial charge in [0.1, 0.15) is 0 Å². The molecule has 18 bridgehead atoms. The molecule has 5 nitrogen and oxygen atoms in total. The molecule has 18 heterocycles. The molecule has 0 spiro atoms. The number of nitrogens with zero attached hydrogens (tertiary/aromatic N) is 2. The summed E-state index contributed by atoms with van der Waals surface area (Å²) < 4.78 is 27.1. The van der Waals surface area contributed by atoms with Crippen molar-refractivity contribution in [3.8, 4) is 11.4 Å². The van der Waals surface area contributed by atoms with Crippen LogP contribution in [-0.2, 0) is 19.3 Å². The van der Waals surface area contributed by atoms with E-state index in [9.17, 15) is 0 Å². The normalized spacial score (nSPS) is 18.9. The van der Waals surface area contributed by atoms with Crippen molar-refractivity contribution in [1.82, 2.24) is 9.13 Å². The van der Waals surface area contributed by atoms with Crippen LogP contribution in [0.1, 0.15) is 16.7 Å². The molecule has 0 unspecified atom stereocenters. The van der Waals surface area contributed by atoms with E-state index >= 15 is 0 Å². The number of hydrogen-bond acceptors (Lipinski definition) is 3. The Morgan fingerprint density at radius 3 is 1.10 bits per heavy atom. The molecule has 0 fully saturated rings. The van der Waals surface area contributed by atoms with Gasteiger partial charge in [-0.25, -0.2) is 0 Å². The molecule has 8 aromatic rings. The highest BCUT2D eigenvalue weighted by atomic mass is 28.4. The molecule has 24 rings (SSSR count). The summed E-state index contributed by atoms with van der Waals surface area (Å²) in [4.78, 5) is 0. The van der Waals surface area contributed by atoms with Crippen molar-refractivity contribution in [3.63, 3.8) is 0 Å². The van der Waals surface area contributed by atoms with E-state index in [0.29, 0.717) is 6.61 Å². The Morgan fingerprint density at radius 1 is 0.390 bits per heavy atom. The lowest BCUT2D eigenvalue weighted by Gasteiger charge is -2.35. The van der Waals surface area contributed by atoms with Gasteiger partial charge in [0.05, 0.1) is 28.7 Å². The fourth-order valence-corrected chi connectivity index (χ4v) is 28.6. The zero-order chi connectivity index (χ0) is 41.6. The second-order valence-electron chi connectivity index (χ2n) is 19.8. The Morgan fingerprint density at radius 2 is 0.746 bits per heavy atom. The van der Waals surface area contributed by atoms with Gasteiger partial charge in [-0.1, -0.05) is 60.7 Å². The molecule has 300 valence electrons. The molecule has 59 heavy (non-hydrogen) atoms. The lowest BCUT2D eigenvalue weighted by atomic mass is 10.1. The van der Waals surface area contributed by atoms with E-state index in [0.717, 1.165) is 0 Å². The molecule has 10 heteroatoms. The topological polar surface area (TPSA) is 37.5 Å². The highest BCUT2D eigenvalue weighted by Crippen LogP contribution is 2.36. The van der Waals surface area contributed by atoms with Crippen LogP contribution in [-0.4, -0.2) is 50.7 Å². The molecule has 2 aromatic heterocycles.